The summed E-state index contributed by atoms with van der Waals surface area (Å²) in [5.41, 5.74) is 1.32. The number of halogens is 3. The molecule has 0 aliphatic heterocycles. The van der Waals surface area contributed by atoms with Gasteiger partial charge in [-0.05, 0) is 24.6 Å². The molecule has 28 heavy (non-hydrogen) atoms. The van der Waals surface area contributed by atoms with Gasteiger partial charge in [-0.25, -0.2) is 18.0 Å². The molecule has 0 aliphatic rings. The van der Waals surface area contributed by atoms with Crippen LogP contribution < -0.4 is 16.0 Å². The Morgan fingerprint density at radius 1 is 1.00 bits per heavy atom. The molecule has 8 heteroatoms. The molecular weight excluding hydrogens is 371 g/mol. The monoisotopic (exact) mass is 393 g/mol. The van der Waals surface area contributed by atoms with E-state index in [1.54, 1.807) is 0 Å². The zero-order chi connectivity index (χ0) is 20.9. The number of nitrogens with one attached hydrogen (secondary N) is 3. The molecule has 2 aromatic rings. The lowest BCUT2D eigenvalue weighted by molar-refractivity contribution is -0.115. The van der Waals surface area contributed by atoms with Crippen molar-refractivity contribution in [3.8, 4) is 0 Å². The molecular formula is C20H22F3N3O2. The van der Waals surface area contributed by atoms with Crippen molar-refractivity contribution in [1.82, 2.24) is 10.6 Å². The molecule has 0 fully saturated rings. The van der Waals surface area contributed by atoms with Crippen molar-refractivity contribution in [2.75, 3.05) is 18.4 Å². The average Bonchev–Trinajstić information content (AvgIpc) is 2.65. The Morgan fingerprint density at radius 3 is 2.39 bits per heavy atom. The lowest BCUT2D eigenvalue weighted by Crippen LogP contribution is -2.44. The molecule has 5 nitrogen and oxygen atoms in total. The summed E-state index contributed by atoms with van der Waals surface area (Å²) in [5.74, 6) is -5.32. The molecule has 0 bridgehead atoms. The van der Waals surface area contributed by atoms with Crippen molar-refractivity contribution in [2.45, 2.75) is 26.2 Å². The molecule has 0 radical (unpaired) electrons. The number of hydrogen-bond acceptors (Lipinski definition) is 2. The van der Waals surface area contributed by atoms with Crippen molar-refractivity contribution in [3.05, 3.63) is 65.0 Å². The minimum Gasteiger partial charge on any atom is -0.337 e. The molecule has 0 aromatic heterocycles. The van der Waals surface area contributed by atoms with Crippen LogP contribution in [0.5, 0.6) is 0 Å². The van der Waals surface area contributed by atoms with E-state index in [-0.39, 0.29) is 5.41 Å². The predicted molar refractivity (Wildman–Crippen MR) is 101 cm³/mol. The first-order valence-corrected chi connectivity index (χ1v) is 8.62. The maximum atomic E-state index is 13.5. The quantitative estimate of drug-likeness (QED) is 0.656. The fourth-order valence-electron chi connectivity index (χ4n) is 2.51. The van der Waals surface area contributed by atoms with Gasteiger partial charge in [-0.15, -0.1) is 0 Å². The highest BCUT2D eigenvalue weighted by Crippen LogP contribution is 2.23. The minimum atomic E-state index is -1.68. The molecule has 0 saturated heterocycles. The van der Waals surface area contributed by atoms with Gasteiger partial charge in [0, 0.05) is 12.0 Å². The van der Waals surface area contributed by atoms with Gasteiger partial charge in [-0.2, -0.15) is 0 Å². The van der Waals surface area contributed by atoms with Gasteiger partial charge in [0.25, 0.3) is 0 Å². The molecule has 3 N–H and O–H groups in total. The van der Waals surface area contributed by atoms with E-state index in [0.29, 0.717) is 12.6 Å². The van der Waals surface area contributed by atoms with E-state index in [2.05, 4.69) is 16.0 Å². The molecule has 0 heterocycles. The zero-order valence-corrected chi connectivity index (χ0v) is 15.8. The van der Waals surface area contributed by atoms with E-state index in [4.69, 9.17) is 0 Å². The van der Waals surface area contributed by atoms with Crippen molar-refractivity contribution in [1.29, 1.82) is 0 Å². The topological polar surface area (TPSA) is 70.2 Å². The largest absolute Gasteiger partial charge is 0.337 e. The molecule has 3 amide bonds. The third-order valence-corrected chi connectivity index (χ3v) is 4.21. The van der Waals surface area contributed by atoms with Crippen LogP contribution in [0.4, 0.5) is 23.7 Å². The maximum absolute atomic E-state index is 13.5. The van der Waals surface area contributed by atoms with Crippen molar-refractivity contribution >= 4 is 17.6 Å². The number of aryl methyl sites for hydroxylation is 1. The first-order chi connectivity index (χ1) is 13.1. The van der Waals surface area contributed by atoms with Crippen LogP contribution in [0.15, 0.2) is 36.4 Å². The predicted octanol–water partition coefficient (Wildman–Crippen LogP) is 3.63. The lowest BCUT2D eigenvalue weighted by Gasteiger charge is -2.26. The van der Waals surface area contributed by atoms with Gasteiger partial charge >= 0.3 is 6.03 Å². The third-order valence-electron chi connectivity index (χ3n) is 4.21. The highest BCUT2D eigenvalue weighted by molar-refractivity contribution is 5.94. The number of carbonyl (C=O) groups is 2. The van der Waals surface area contributed by atoms with E-state index in [0.717, 1.165) is 17.2 Å². The van der Waals surface area contributed by atoms with Gasteiger partial charge in [0.15, 0.2) is 17.5 Å². The average molecular weight is 393 g/mol. The number of benzene rings is 2. The van der Waals surface area contributed by atoms with Crippen LogP contribution in [0.25, 0.3) is 0 Å². The van der Waals surface area contributed by atoms with E-state index >= 15 is 0 Å². The van der Waals surface area contributed by atoms with Gasteiger partial charge in [-0.3, -0.25) is 4.79 Å². The Balaban J connectivity index is 1.84. The maximum Gasteiger partial charge on any atom is 0.315 e. The first kappa shape index (κ1) is 21.3. The molecule has 0 aliphatic carbocycles. The fraction of sp³-hybridized carbons (Fsp3) is 0.300. The molecule has 0 saturated carbocycles. The van der Waals surface area contributed by atoms with E-state index in [1.165, 1.54) is 0 Å². The first-order valence-electron chi connectivity index (χ1n) is 8.62. The second-order valence-corrected chi connectivity index (χ2v) is 7.06. The summed E-state index contributed by atoms with van der Waals surface area (Å²) < 4.78 is 39.6. The Bertz CT molecular complexity index is 885. The normalized spacial score (nSPS) is 11.1. The van der Waals surface area contributed by atoms with Crippen molar-refractivity contribution in [2.24, 2.45) is 0 Å². The summed E-state index contributed by atoms with van der Waals surface area (Å²) in [6, 6.07) is 8.93. The summed E-state index contributed by atoms with van der Waals surface area (Å²) in [7, 11) is 0. The summed E-state index contributed by atoms with van der Waals surface area (Å²) in [6.07, 6.45) is 0. The Hall–Kier alpha value is -3.03. The summed E-state index contributed by atoms with van der Waals surface area (Å²) in [4.78, 5) is 23.7. The van der Waals surface area contributed by atoms with E-state index in [1.807, 2.05) is 45.0 Å². The summed E-state index contributed by atoms with van der Waals surface area (Å²) in [6.45, 7) is 5.78. The van der Waals surface area contributed by atoms with Crippen LogP contribution in [0, 0.1) is 24.4 Å². The van der Waals surface area contributed by atoms with Crippen molar-refractivity contribution < 1.29 is 22.8 Å². The van der Waals surface area contributed by atoms with Gasteiger partial charge < -0.3 is 16.0 Å². The summed E-state index contributed by atoms with van der Waals surface area (Å²) >= 11 is 0. The Morgan fingerprint density at radius 2 is 1.71 bits per heavy atom. The Kier molecular flexibility index (Phi) is 6.66. The molecule has 0 unspecified atom stereocenters. The molecule has 0 spiro atoms. The lowest BCUT2D eigenvalue weighted by atomic mass is 9.84. The van der Waals surface area contributed by atoms with Crippen LogP contribution >= 0.6 is 0 Å². The number of carbonyl (C=O) groups excluding carboxylic acids is 2. The van der Waals surface area contributed by atoms with Crippen LogP contribution in [0.3, 0.4) is 0 Å². The molecule has 2 rings (SSSR count). The number of hydrogen-bond donors (Lipinski definition) is 3. The second-order valence-electron chi connectivity index (χ2n) is 7.06. The summed E-state index contributed by atoms with van der Waals surface area (Å²) in [5, 5.41) is 7.08. The van der Waals surface area contributed by atoms with Crippen LogP contribution in [0.1, 0.15) is 25.0 Å². The van der Waals surface area contributed by atoms with Gasteiger partial charge in [0.2, 0.25) is 5.91 Å². The molecule has 150 valence electrons. The Labute approximate surface area is 161 Å². The molecule has 0 atom stereocenters. The standard InChI is InChI=1S/C20H22F3N3O2/c1-12-5-4-6-13(9-12)20(2,3)11-25-19(28)24-10-16(27)26-15-8-7-14(21)17(22)18(15)23/h4-9H,10-11H2,1-3H3,(H,26,27)(H2,24,25,28). The van der Waals surface area contributed by atoms with Gasteiger partial charge in [0.1, 0.15) is 0 Å². The highest BCUT2D eigenvalue weighted by Gasteiger charge is 2.22. The van der Waals surface area contributed by atoms with Crippen LogP contribution in [0.2, 0.25) is 0 Å². The van der Waals surface area contributed by atoms with Gasteiger partial charge in [-0.1, -0.05) is 43.7 Å². The number of amides is 3. The van der Waals surface area contributed by atoms with Crippen LogP contribution in [-0.4, -0.2) is 25.0 Å². The van der Waals surface area contributed by atoms with E-state index in [9.17, 15) is 22.8 Å². The number of urea groups is 1. The van der Waals surface area contributed by atoms with E-state index < -0.39 is 41.6 Å². The minimum absolute atomic E-state index is 0.321. The number of rotatable bonds is 6. The number of anilines is 1. The SMILES string of the molecule is Cc1cccc(C(C)(C)CNC(=O)NCC(=O)Nc2ccc(F)c(F)c2F)c1. The fourth-order valence-corrected chi connectivity index (χ4v) is 2.51. The smallest absolute Gasteiger partial charge is 0.315 e. The molecule has 2 aromatic carbocycles. The van der Waals surface area contributed by atoms with Gasteiger partial charge in [0.05, 0.1) is 12.2 Å². The van der Waals surface area contributed by atoms with Crippen molar-refractivity contribution in [3.63, 3.8) is 0 Å². The third kappa shape index (κ3) is 5.48. The zero-order valence-electron chi connectivity index (χ0n) is 15.8. The van der Waals surface area contributed by atoms with Crippen LogP contribution in [-0.2, 0) is 10.2 Å². The highest BCUT2D eigenvalue weighted by atomic mass is 19.2. The second kappa shape index (κ2) is 8.77.